The number of para-hydroxylation sites is 1. The van der Waals surface area contributed by atoms with E-state index in [-0.39, 0.29) is 37.4 Å². The molecule has 3 aromatic heterocycles. The molecule has 1 unspecified atom stereocenters. The van der Waals surface area contributed by atoms with Gasteiger partial charge in [0.2, 0.25) is 5.95 Å². The van der Waals surface area contributed by atoms with E-state index in [0.29, 0.717) is 60.0 Å². The Bertz CT molecular complexity index is 1970. The zero-order valence-corrected chi connectivity index (χ0v) is 29.1. The van der Waals surface area contributed by atoms with E-state index >= 15 is 4.39 Å². The van der Waals surface area contributed by atoms with E-state index in [0.717, 1.165) is 40.5 Å². The molecule has 50 heavy (non-hydrogen) atoms. The molecule has 0 bridgehead atoms. The highest BCUT2D eigenvalue weighted by atomic mass is 35.5. The van der Waals surface area contributed by atoms with Crippen molar-refractivity contribution >= 4 is 35.2 Å². The number of benzene rings is 2. The van der Waals surface area contributed by atoms with Gasteiger partial charge in [0.25, 0.3) is 0 Å². The normalized spacial score (nSPS) is 14.3. The quantitative estimate of drug-likeness (QED) is 0.114. The summed E-state index contributed by atoms with van der Waals surface area (Å²) < 4.78 is 63.9. The number of carbonyl (C=O) groups is 1. The topological polar surface area (TPSA) is 115 Å². The molecular weight excluding hydrogens is 674 g/mol. The van der Waals surface area contributed by atoms with Gasteiger partial charge in [-0.25, -0.2) is 19.0 Å². The minimum atomic E-state index is -4.56. The number of nitrogens with zero attached hydrogens (tertiary/aromatic N) is 5. The van der Waals surface area contributed by atoms with Crippen LogP contribution in [0.2, 0.25) is 0 Å². The van der Waals surface area contributed by atoms with E-state index in [1.165, 1.54) is 6.07 Å². The van der Waals surface area contributed by atoms with Gasteiger partial charge in [-0.05, 0) is 42.0 Å². The smallest absolute Gasteiger partial charge is 0.419 e. The number of ether oxygens (including phenoxy) is 1. The Morgan fingerprint density at radius 3 is 2.38 bits per heavy atom. The van der Waals surface area contributed by atoms with Gasteiger partial charge < -0.3 is 20.4 Å². The Labute approximate surface area is 293 Å². The summed E-state index contributed by atoms with van der Waals surface area (Å²) in [6, 6.07) is 8.42. The first kappa shape index (κ1) is 36.8. The number of halogens is 5. The summed E-state index contributed by atoms with van der Waals surface area (Å²) >= 11 is 0. The fourth-order valence-corrected chi connectivity index (χ4v) is 6.44. The molecule has 266 valence electrons. The average molecular weight is 714 g/mol. The molecule has 2 atom stereocenters. The zero-order valence-electron chi connectivity index (χ0n) is 28.3. The fraction of sp³-hybridized carbons (Fsp3) is 0.389. The van der Waals surface area contributed by atoms with Crippen LogP contribution in [0.5, 0.6) is 0 Å². The highest BCUT2D eigenvalue weighted by Crippen LogP contribution is 2.41. The maximum Gasteiger partial charge on any atom is 0.419 e. The average Bonchev–Trinajstić information content (AvgIpc) is 3.74. The minimum absolute atomic E-state index is 0. The van der Waals surface area contributed by atoms with Crippen LogP contribution < -0.4 is 10.6 Å². The summed E-state index contributed by atoms with van der Waals surface area (Å²) in [6.07, 6.45) is 1.27. The number of aromatic nitrogens is 5. The van der Waals surface area contributed by atoms with Crippen LogP contribution in [0.1, 0.15) is 67.6 Å². The Kier molecular flexibility index (Phi) is 10.9. The molecule has 4 heterocycles. The first-order valence-electron chi connectivity index (χ1n) is 16.5. The lowest BCUT2D eigenvalue weighted by Gasteiger charge is -2.27. The largest absolute Gasteiger partial charge is 0.460 e. The summed E-state index contributed by atoms with van der Waals surface area (Å²) in [6.45, 7) is 8.36. The number of aromatic amines is 1. The van der Waals surface area contributed by atoms with Crippen molar-refractivity contribution in [3.63, 3.8) is 0 Å². The van der Waals surface area contributed by atoms with Gasteiger partial charge in [-0.2, -0.15) is 18.3 Å². The van der Waals surface area contributed by atoms with E-state index in [4.69, 9.17) is 15.6 Å². The fourth-order valence-electron chi connectivity index (χ4n) is 6.44. The first-order valence-corrected chi connectivity index (χ1v) is 16.5. The van der Waals surface area contributed by atoms with Crippen LogP contribution in [-0.4, -0.2) is 43.3 Å². The second-order valence-corrected chi connectivity index (χ2v) is 12.4. The van der Waals surface area contributed by atoms with E-state index in [9.17, 15) is 18.0 Å². The van der Waals surface area contributed by atoms with Crippen molar-refractivity contribution in [1.29, 1.82) is 0 Å². The molecule has 2 aromatic carbocycles. The molecule has 14 heteroatoms. The SMILES string of the molecule is CCc1cccc(CC)c1-n1nc2c(c1-c1c(F)cc(COC(=O)[C@@H](N)C(C)CC)c3[nH]ccc13)CN(c1ncc(C(F)(F)F)cn1)CC2.Cl. The van der Waals surface area contributed by atoms with Crippen molar-refractivity contribution in [2.24, 2.45) is 11.7 Å². The number of rotatable bonds is 10. The molecule has 0 saturated heterocycles. The van der Waals surface area contributed by atoms with Gasteiger partial charge in [-0.1, -0.05) is 52.3 Å². The molecule has 5 aromatic rings. The molecular formula is C36H40ClF4N7O2. The molecule has 0 radical (unpaired) electrons. The van der Waals surface area contributed by atoms with Crippen LogP contribution in [0.4, 0.5) is 23.5 Å². The lowest BCUT2D eigenvalue weighted by Crippen LogP contribution is -2.37. The van der Waals surface area contributed by atoms with Crippen LogP contribution in [-0.2, 0) is 48.1 Å². The summed E-state index contributed by atoms with van der Waals surface area (Å²) in [5.74, 6) is -1.03. The van der Waals surface area contributed by atoms with E-state index in [1.807, 2.05) is 36.7 Å². The number of H-pyrrole nitrogens is 1. The molecule has 0 aliphatic carbocycles. The number of hydrogen-bond donors (Lipinski definition) is 2. The van der Waals surface area contributed by atoms with Crippen LogP contribution in [0.25, 0.3) is 27.8 Å². The second-order valence-electron chi connectivity index (χ2n) is 12.4. The monoisotopic (exact) mass is 713 g/mol. The summed E-state index contributed by atoms with van der Waals surface area (Å²) in [5.41, 5.74) is 11.5. The molecule has 1 aliphatic rings. The van der Waals surface area contributed by atoms with E-state index in [1.54, 1.807) is 17.2 Å². The Morgan fingerprint density at radius 2 is 1.76 bits per heavy atom. The molecule has 3 N–H and O–H groups in total. The summed E-state index contributed by atoms with van der Waals surface area (Å²) in [5, 5.41) is 5.65. The highest BCUT2D eigenvalue weighted by molar-refractivity contribution is 5.98. The van der Waals surface area contributed by atoms with Gasteiger partial charge in [0.05, 0.1) is 28.2 Å². The molecule has 9 nitrogen and oxygen atoms in total. The van der Waals surface area contributed by atoms with Crippen molar-refractivity contribution in [3.8, 4) is 16.9 Å². The number of aryl methyl sites for hydroxylation is 2. The molecule has 6 rings (SSSR count). The van der Waals surface area contributed by atoms with Crippen LogP contribution in [0, 0.1) is 11.7 Å². The standard InChI is InChI=1S/C36H39F4N7O2.ClH/c1-5-20(4)30(41)34(48)49-19-23-15-27(37)29(25-11-13-42-31(23)25)33-26-18-46(35-43-16-24(17-44-35)36(38,39)40)14-12-28(26)45-47(33)32-21(6-2)9-8-10-22(32)7-3;/h8-11,13,15-17,20,30,42H,5-7,12,14,18-19,41H2,1-4H3;1H/t20?,30-;/m0./s1. The number of alkyl halides is 3. The second kappa shape index (κ2) is 14.8. The molecule has 0 amide bonds. The van der Waals surface area contributed by atoms with E-state index in [2.05, 4.69) is 28.8 Å². The predicted molar refractivity (Wildman–Crippen MR) is 186 cm³/mol. The van der Waals surface area contributed by atoms with Gasteiger partial charge in [-0.3, -0.25) is 4.79 Å². The van der Waals surface area contributed by atoms with Crippen molar-refractivity contribution < 1.29 is 27.1 Å². The van der Waals surface area contributed by atoms with Gasteiger partial charge >= 0.3 is 12.1 Å². The lowest BCUT2D eigenvalue weighted by atomic mass is 9.95. The molecule has 0 fully saturated rings. The zero-order chi connectivity index (χ0) is 35.0. The number of nitrogens with two attached hydrogens (primary N) is 1. The van der Waals surface area contributed by atoms with Crippen molar-refractivity contribution in [3.05, 3.63) is 88.3 Å². The van der Waals surface area contributed by atoms with Gasteiger partial charge in [0.15, 0.2) is 0 Å². The predicted octanol–water partition coefficient (Wildman–Crippen LogP) is 7.49. The molecule has 0 saturated carbocycles. The number of anilines is 1. The maximum atomic E-state index is 16.7. The number of esters is 1. The third-order valence-electron chi connectivity index (χ3n) is 9.47. The minimum Gasteiger partial charge on any atom is -0.460 e. The first-order chi connectivity index (χ1) is 23.5. The Balaban J connectivity index is 0.00000486. The van der Waals surface area contributed by atoms with Gasteiger partial charge in [0.1, 0.15) is 18.5 Å². The molecule has 0 spiro atoms. The van der Waals surface area contributed by atoms with E-state index < -0.39 is 29.6 Å². The van der Waals surface area contributed by atoms with Crippen molar-refractivity contribution in [1.82, 2.24) is 24.7 Å². The maximum absolute atomic E-state index is 16.7. The summed E-state index contributed by atoms with van der Waals surface area (Å²) in [4.78, 5) is 25.7. The number of carbonyl (C=O) groups excluding carboxylic acids is 1. The van der Waals surface area contributed by atoms with Crippen molar-refractivity contribution in [2.45, 2.75) is 78.7 Å². The summed E-state index contributed by atoms with van der Waals surface area (Å²) in [7, 11) is 0. The molecule has 1 aliphatic heterocycles. The van der Waals surface area contributed by atoms with Crippen LogP contribution >= 0.6 is 12.4 Å². The van der Waals surface area contributed by atoms with Gasteiger partial charge in [-0.15, -0.1) is 12.4 Å². The number of nitrogens with one attached hydrogen (secondary N) is 1. The Hall–Kier alpha value is -4.49. The van der Waals surface area contributed by atoms with Crippen molar-refractivity contribution in [2.75, 3.05) is 11.4 Å². The number of hydrogen-bond acceptors (Lipinski definition) is 7. The van der Waals surface area contributed by atoms with Gasteiger partial charge in [0, 0.05) is 60.2 Å². The number of fused-ring (bicyclic) bond motifs is 2. The third-order valence-corrected chi connectivity index (χ3v) is 9.47. The third kappa shape index (κ3) is 6.80. The van der Waals surface area contributed by atoms with Crippen LogP contribution in [0.15, 0.2) is 48.9 Å². The lowest BCUT2D eigenvalue weighted by molar-refractivity contribution is -0.147. The highest BCUT2D eigenvalue weighted by Gasteiger charge is 2.34. The van der Waals surface area contributed by atoms with Crippen LogP contribution in [0.3, 0.4) is 0 Å². The Morgan fingerprint density at radius 1 is 1.08 bits per heavy atom.